The standard InChI is InChI=1S/C16H16ClNO2/c17-14-10-11-4-1-2-6-13(11)16(14)18-15(19)8-7-12-5-3-9-20-12/h1-6,9,14,16H,7-8,10H2,(H,18,19). The van der Waals surface area contributed by atoms with Gasteiger partial charge in [-0.25, -0.2) is 0 Å². The molecule has 0 saturated carbocycles. The molecule has 1 aliphatic carbocycles. The highest BCUT2D eigenvalue weighted by Crippen LogP contribution is 2.34. The van der Waals surface area contributed by atoms with Crippen molar-refractivity contribution < 1.29 is 9.21 Å². The third-order valence-electron chi connectivity index (χ3n) is 3.66. The van der Waals surface area contributed by atoms with Crippen molar-refractivity contribution in [3.63, 3.8) is 0 Å². The summed E-state index contributed by atoms with van der Waals surface area (Å²) in [4.78, 5) is 12.0. The third kappa shape index (κ3) is 2.73. The summed E-state index contributed by atoms with van der Waals surface area (Å²) in [6.45, 7) is 0. The topological polar surface area (TPSA) is 42.2 Å². The Morgan fingerprint density at radius 2 is 2.15 bits per heavy atom. The van der Waals surface area contributed by atoms with Crippen LogP contribution in [-0.2, 0) is 17.6 Å². The Hall–Kier alpha value is -1.74. The number of rotatable bonds is 4. The van der Waals surface area contributed by atoms with E-state index in [2.05, 4.69) is 11.4 Å². The van der Waals surface area contributed by atoms with Gasteiger partial charge < -0.3 is 9.73 Å². The van der Waals surface area contributed by atoms with Crippen LogP contribution in [-0.4, -0.2) is 11.3 Å². The van der Waals surface area contributed by atoms with Gasteiger partial charge in [0.2, 0.25) is 5.91 Å². The summed E-state index contributed by atoms with van der Waals surface area (Å²) < 4.78 is 5.23. The highest BCUT2D eigenvalue weighted by atomic mass is 35.5. The van der Waals surface area contributed by atoms with Crippen LogP contribution >= 0.6 is 11.6 Å². The number of alkyl halides is 1. The number of halogens is 1. The number of furan rings is 1. The smallest absolute Gasteiger partial charge is 0.220 e. The lowest BCUT2D eigenvalue weighted by Gasteiger charge is -2.17. The quantitative estimate of drug-likeness (QED) is 0.878. The number of nitrogens with one attached hydrogen (secondary N) is 1. The minimum atomic E-state index is -0.0861. The van der Waals surface area contributed by atoms with Crippen molar-refractivity contribution in [1.82, 2.24) is 5.32 Å². The molecule has 0 bridgehead atoms. The van der Waals surface area contributed by atoms with Gasteiger partial charge in [-0.1, -0.05) is 24.3 Å². The lowest BCUT2D eigenvalue weighted by atomic mass is 10.1. The number of benzene rings is 1. The van der Waals surface area contributed by atoms with Gasteiger partial charge in [0.15, 0.2) is 0 Å². The SMILES string of the molecule is O=C(CCc1ccco1)NC1c2ccccc2CC1Cl. The first-order valence-electron chi connectivity index (χ1n) is 6.77. The van der Waals surface area contributed by atoms with E-state index in [0.717, 1.165) is 17.7 Å². The van der Waals surface area contributed by atoms with Crippen molar-refractivity contribution in [3.8, 4) is 0 Å². The summed E-state index contributed by atoms with van der Waals surface area (Å²) >= 11 is 6.35. The molecular weight excluding hydrogens is 274 g/mol. The Bertz CT molecular complexity index is 594. The highest BCUT2D eigenvalue weighted by Gasteiger charge is 2.31. The first-order chi connectivity index (χ1) is 9.74. The fraction of sp³-hybridized carbons (Fsp3) is 0.312. The second-order valence-corrected chi connectivity index (χ2v) is 5.60. The Morgan fingerprint density at radius 3 is 2.95 bits per heavy atom. The molecule has 4 heteroatoms. The van der Waals surface area contributed by atoms with Crippen molar-refractivity contribution in [1.29, 1.82) is 0 Å². The maximum atomic E-state index is 12.0. The summed E-state index contributed by atoms with van der Waals surface area (Å²) in [6, 6.07) is 11.7. The van der Waals surface area contributed by atoms with Crippen LogP contribution in [0.1, 0.15) is 29.3 Å². The number of fused-ring (bicyclic) bond motifs is 1. The Labute approximate surface area is 122 Å². The molecule has 0 fully saturated rings. The van der Waals surface area contributed by atoms with Gasteiger partial charge in [-0.2, -0.15) is 0 Å². The number of carbonyl (C=O) groups excluding carboxylic acids is 1. The van der Waals surface area contributed by atoms with Crippen molar-refractivity contribution >= 4 is 17.5 Å². The molecule has 2 aromatic rings. The molecule has 1 amide bonds. The zero-order valence-electron chi connectivity index (χ0n) is 11.0. The number of amides is 1. The summed E-state index contributed by atoms with van der Waals surface area (Å²) in [5.74, 6) is 0.836. The van der Waals surface area contributed by atoms with Crippen LogP contribution in [0.15, 0.2) is 47.1 Å². The Kier molecular flexibility index (Phi) is 3.79. The van der Waals surface area contributed by atoms with Gasteiger partial charge in [0.05, 0.1) is 17.7 Å². The normalized spacial score (nSPS) is 20.6. The fourth-order valence-electron chi connectivity index (χ4n) is 2.65. The van der Waals surface area contributed by atoms with Crippen molar-refractivity contribution in [2.75, 3.05) is 0 Å². The van der Waals surface area contributed by atoms with E-state index in [9.17, 15) is 4.79 Å². The summed E-state index contributed by atoms with van der Waals surface area (Å²) in [7, 11) is 0. The van der Waals surface area contributed by atoms with Gasteiger partial charge in [0.25, 0.3) is 0 Å². The monoisotopic (exact) mass is 289 g/mol. The Morgan fingerprint density at radius 1 is 1.30 bits per heavy atom. The van der Waals surface area contributed by atoms with Crippen LogP contribution in [0.4, 0.5) is 0 Å². The lowest BCUT2D eigenvalue weighted by molar-refractivity contribution is -0.121. The van der Waals surface area contributed by atoms with Crippen LogP contribution in [0, 0.1) is 0 Å². The minimum absolute atomic E-state index is 0.00810. The predicted molar refractivity (Wildman–Crippen MR) is 77.7 cm³/mol. The van der Waals surface area contributed by atoms with Gasteiger partial charge in [-0.05, 0) is 29.7 Å². The van der Waals surface area contributed by atoms with Crippen LogP contribution in [0.5, 0.6) is 0 Å². The van der Waals surface area contributed by atoms with E-state index < -0.39 is 0 Å². The van der Waals surface area contributed by atoms with Gasteiger partial charge in [-0.15, -0.1) is 11.6 Å². The lowest BCUT2D eigenvalue weighted by Crippen LogP contribution is -2.31. The molecule has 104 valence electrons. The van der Waals surface area contributed by atoms with Gasteiger partial charge in [-0.3, -0.25) is 4.79 Å². The predicted octanol–water partition coefficient (Wildman–Crippen LogP) is 3.23. The molecule has 3 nitrogen and oxygen atoms in total. The number of aryl methyl sites for hydroxylation is 1. The molecule has 1 heterocycles. The molecule has 3 rings (SSSR count). The number of hydrogen-bond acceptors (Lipinski definition) is 2. The molecule has 0 aliphatic heterocycles. The number of carbonyl (C=O) groups is 1. The molecule has 20 heavy (non-hydrogen) atoms. The second-order valence-electron chi connectivity index (χ2n) is 5.04. The molecule has 2 atom stereocenters. The Balaban J connectivity index is 1.61. The molecule has 1 aliphatic rings. The first-order valence-corrected chi connectivity index (χ1v) is 7.21. The maximum absolute atomic E-state index is 12.0. The molecule has 0 spiro atoms. The summed E-state index contributed by atoms with van der Waals surface area (Å²) in [5.41, 5.74) is 2.36. The van der Waals surface area contributed by atoms with Crippen LogP contribution in [0.2, 0.25) is 0 Å². The molecule has 1 aromatic heterocycles. The zero-order valence-corrected chi connectivity index (χ0v) is 11.8. The average molecular weight is 290 g/mol. The van der Waals surface area contributed by atoms with Gasteiger partial charge >= 0.3 is 0 Å². The van der Waals surface area contributed by atoms with E-state index >= 15 is 0 Å². The third-order valence-corrected chi connectivity index (χ3v) is 4.07. The molecule has 2 unspecified atom stereocenters. The molecule has 0 radical (unpaired) electrons. The van der Waals surface area contributed by atoms with Crippen LogP contribution in [0.3, 0.4) is 0 Å². The van der Waals surface area contributed by atoms with Crippen LogP contribution in [0.25, 0.3) is 0 Å². The molecule has 1 aromatic carbocycles. The summed E-state index contributed by atoms with van der Waals surface area (Å²) in [5, 5.41) is 2.97. The van der Waals surface area contributed by atoms with Crippen LogP contribution < -0.4 is 5.32 Å². The van der Waals surface area contributed by atoms with E-state index in [1.165, 1.54) is 5.56 Å². The van der Waals surface area contributed by atoms with E-state index in [1.807, 2.05) is 30.3 Å². The second kappa shape index (κ2) is 5.71. The zero-order chi connectivity index (χ0) is 13.9. The number of hydrogen-bond donors (Lipinski definition) is 1. The van der Waals surface area contributed by atoms with Crippen molar-refractivity contribution in [2.24, 2.45) is 0 Å². The molecule has 0 saturated heterocycles. The minimum Gasteiger partial charge on any atom is -0.469 e. The van der Waals surface area contributed by atoms with E-state index in [4.69, 9.17) is 16.0 Å². The summed E-state index contributed by atoms with van der Waals surface area (Å²) in [6.07, 6.45) is 3.45. The maximum Gasteiger partial charge on any atom is 0.220 e. The average Bonchev–Trinajstić information content (AvgIpc) is 3.06. The van der Waals surface area contributed by atoms with E-state index in [1.54, 1.807) is 6.26 Å². The fourth-order valence-corrected chi connectivity index (χ4v) is 3.02. The van der Waals surface area contributed by atoms with Crippen molar-refractivity contribution in [3.05, 3.63) is 59.5 Å². The molecular formula is C16H16ClNO2. The van der Waals surface area contributed by atoms with E-state index in [-0.39, 0.29) is 17.3 Å². The van der Waals surface area contributed by atoms with E-state index in [0.29, 0.717) is 12.8 Å². The van der Waals surface area contributed by atoms with Gasteiger partial charge in [0, 0.05) is 12.8 Å². The van der Waals surface area contributed by atoms with Crippen molar-refractivity contribution in [2.45, 2.75) is 30.7 Å². The highest BCUT2D eigenvalue weighted by molar-refractivity contribution is 6.21. The largest absolute Gasteiger partial charge is 0.469 e. The molecule has 1 N–H and O–H groups in total. The van der Waals surface area contributed by atoms with Gasteiger partial charge in [0.1, 0.15) is 5.76 Å². The first kappa shape index (κ1) is 13.3.